The summed E-state index contributed by atoms with van der Waals surface area (Å²) in [5, 5.41) is 6.94. The van der Waals surface area contributed by atoms with E-state index in [-0.39, 0.29) is 23.4 Å². The quantitative estimate of drug-likeness (QED) is 0.654. The molecule has 0 atom stereocenters. The van der Waals surface area contributed by atoms with Crippen molar-refractivity contribution >= 4 is 44.1 Å². The Kier molecular flexibility index (Phi) is 5.26. The van der Waals surface area contributed by atoms with Crippen molar-refractivity contribution < 1.29 is 18.7 Å². The highest BCUT2D eigenvalue weighted by atomic mass is 79.9. The highest BCUT2D eigenvalue weighted by molar-refractivity contribution is 9.10. The van der Waals surface area contributed by atoms with E-state index in [0.717, 1.165) is 10.4 Å². The summed E-state index contributed by atoms with van der Waals surface area (Å²) in [5.74, 6) is -0.657. The van der Waals surface area contributed by atoms with Crippen molar-refractivity contribution in [2.45, 2.75) is 52.1 Å². The molecule has 146 valence electrons. The molecule has 3 heterocycles. The number of anilines is 1. The first kappa shape index (κ1) is 20.1. The molecule has 27 heavy (non-hydrogen) atoms. The van der Waals surface area contributed by atoms with Crippen LogP contribution >= 0.6 is 27.3 Å². The van der Waals surface area contributed by atoms with Crippen molar-refractivity contribution in [2.75, 3.05) is 11.9 Å². The fraction of sp³-hybridized carbons (Fsp3) is 0.474. The molecule has 0 unspecified atom stereocenters. The zero-order valence-electron chi connectivity index (χ0n) is 16.0. The second-order valence-electron chi connectivity index (χ2n) is 7.70. The number of carbonyl (C=O) groups is 2. The molecular weight excluding hydrogens is 432 g/mol. The Morgan fingerprint density at radius 2 is 2.04 bits per heavy atom. The van der Waals surface area contributed by atoms with Crippen LogP contribution in [0.15, 0.2) is 21.2 Å². The fourth-order valence-electron chi connectivity index (χ4n) is 3.64. The number of carbonyl (C=O) groups excluding carboxylic acids is 2. The van der Waals surface area contributed by atoms with Gasteiger partial charge in [0.1, 0.15) is 5.00 Å². The zero-order valence-corrected chi connectivity index (χ0v) is 18.4. The number of halogens is 1. The molecule has 1 aliphatic heterocycles. The average Bonchev–Trinajstić information content (AvgIpc) is 3.10. The molecule has 0 spiro atoms. The molecule has 0 aromatic carbocycles. The topological polar surface area (TPSA) is 80.6 Å². The number of hydrogen-bond donors (Lipinski definition) is 2. The predicted octanol–water partition coefficient (Wildman–Crippen LogP) is 4.69. The summed E-state index contributed by atoms with van der Waals surface area (Å²) in [6, 6.07) is 3.22. The van der Waals surface area contributed by atoms with Crippen LogP contribution in [0.25, 0.3) is 0 Å². The molecule has 2 N–H and O–H groups in total. The van der Waals surface area contributed by atoms with Gasteiger partial charge < -0.3 is 19.8 Å². The SMILES string of the molecule is CCOC(=O)c1c(NC(=O)c2ccc(Br)o2)sc2c1CC(C)(C)NC2(C)C. The van der Waals surface area contributed by atoms with Crippen LogP contribution in [0.3, 0.4) is 0 Å². The van der Waals surface area contributed by atoms with Crippen LogP contribution in [0.4, 0.5) is 5.00 Å². The summed E-state index contributed by atoms with van der Waals surface area (Å²) < 4.78 is 11.1. The summed E-state index contributed by atoms with van der Waals surface area (Å²) >= 11 is 4.60. The second-order valence-corrected chi connectivity index (χ2v) is 9.51. The van der Waals surface area contributed by atoms with Crippen molar-refractivity contribution in [3.05, 3.63) is 38.6 Å². The molecule has 0 aliphatic carbocycles. The number of ether oxygens (including phenoxy) is 1. The highest BCUT2D eigenvalue weighted by Crippen LogP contribution is 2.45. The van der Waals surface area contributed by atoms with E-state index in [2.05, 4.69) is 54.3 Å². The fourth-order valence-corrected chi connectivity index (χ4v) is 5.20. The van der Waals surface area contributed by atoms with Crippen LogP contribution in [0.1, 0.15) is 66.0 Å². The third-order valence-corrected chi connectivity index (χ3v) is 6.25. The van der Waals surface area contributed by atoms with Gasteiger partial charge in [-0.25, -0.2) is 4.79 Å². The largest absolute Gasteiger partial charge is 0.462 e. The van der Waals surface area contributed by atoms with E-state index in [0.29, 0.717) is 21.7 Å². The molecule has 0 saturated carbocycles. The first-order valence-corrected chi connectivity index (χ1v) is 10.3. The van der Waals surface area contributed by atoms with Gasteiger partial charge in [0.2, 0.25) is 0 Å². The lowest BCUT2D eigenvalue weighted by molar-refractivity contribution is 0.0525. The second kappa shape index (κ2) is 7.07. The minimum Gasteiger partial charge on any atom is -0.462 e. The number of esters is 1. The summed E-state index contributed by atoms with van der Waals surface area (Å²) in [7, 11) is 0. The minimum atomic E-state index is -0.417. The molecule has 1 aliphatic rings. The molecule has 8 heteroatoms. The molecule has 0 fully saturated rings. The van der Waals surface area contributed by atoms with Gasteiger partial charge in [-0.3, -0.25) is 4.79 Å². The van der Waals surface area contributed by atoms with Gasteiger partial charge >= 0.3 is 5.97 Å². The minimum absolute atomic E-state index is 0.167. The lowest BCUT2D eigenvalue weighted by Gasteiger charge is -2.42. The highest BCUT2D eigenvalue weighted by Gasteiger charge is 2.42. The Morgan fingerprint density at radius 3 is 2.63 bits per heavy atom. The third kappa shape index (κ3) is 3.97. The van der Waals surface area contributed by atoms with Gasteiger partial charge in [-0.05, 0) is 74.7 Å². The van der Waals surface area contributed by atoms with Crippen LogP contribution in [0.2, 0.25) is 0 Å². The van der Waals surface area contributed by atoms with Gasteiger partial charge in [0, 0.05) is 16.0 Å². The van der Waals surface area contributed by atoms with Gasteiger partial charge in [-0.2, -0.15) is 0 Å². The van der Waals surface area contributed by atoms with Crippen molar-refractivity contribution in [2.24, 2.45) is 0 Å². The van der Waals surface area contributed by atoms with Gasteiger partial charge in [0.05, 0.1) is 12.2 Å². The molecule has 0 radical (unpaired) electrons. The van der Waals surface area contributed by atoms with E-state index in [1.165, 1.54) is 11.3 Å². The predicted molar refractivity (Wildman–Crippen MR) is 109 cm³/mol. The number of hydrogen-bond acceptors (Lipinski definition) is 6. The Balaban J connectivity index is 2.07. The van der Waals surface area contributed by atoms with E-state index in [1.54, 1.807) is 19.1 Å². The van der Waals surface area contributed by atoms with Gasteiger partial charge in [0.15, 0.2) is 10.4 Å². The van der Waals surface area contributed by atoms with Gasteiger partial charge in [-0.15, -0.1) is 11.3 Å². The molecule has 1 amide bonds. The third-order valence-electron chi connectivity index (χ3n) is 4.35. The summed E-state index contributed by atoms with van der Waals surface area (Å²) in [6.07, 6.45) is 0.665. The van der Waals surface area contributed by atoms with E-state index in [4.69, 9.17) is 9.15 Å². The number of furan rings is 1. The average molecular weight is 455 g/mol. The Morgan fingerprint density at radius 1 is 1.33 bits per heavy atom. The van der Waals surface area contributed by atoms with E-state index in [9.17, 15) is 9.59 Å². The van der Waals surface area contributed by atoms with E-state index < -0.39 is 11.9 Å². The van der Waals surface area contributed by atoms with E-state index >= 15 is 0 Å². The van der Waals surface area contributed by atoms with Crippen molar-refractivity contribution in [3.63, 3.8) is 0 Å². The van der Waals surface area contributed by atoms with Crippen LogP contribution in [-0.4, -0.2) is 24.0 Å². The van der Waals surface area contributed by atoms with Gasteiger partial charge in [-0.1, -0.05) is 0 Å². The molecule has 3 rings (SSSR count). The lowest BCUT2D eigenvalue weighted by atomic mass is 9.81. The first-order chi connectivity index (χ1) is 12.5. The monoisotopic (exact) mass is 454 g/mol. The number of rotatable bonds is 4. The molecule has 6 nitrogen and oxygen atoms in total. The van der Waals surface area contributed by atoms with Crippen LogP contribution < -0.4 is 10.6 Å². The van der Waals surface area contributed by atoms with Crippen molar-refractivity contribution in [3.8, 4) is 0 Å². The molecule has 2 aromatic heterocycles. The number of thiophene rings is 1. The lowest BCUT2D eigenvalue weighted by Crippen LogP contribution is -2.55. The summed E-state index contributed by atoms with van der Waals surface area (Å²) in [4.78, 5) is 26.3. The standard InChI is InChI=1S/C19H23BrN2O4S/c1-6-25-17(24)13-10-9-18(2,3)22-19(4,5)14(10)27-16(13)21-15(23)11-7-8-12(20)26-11/h7-8,22H,6,9H2,1-5H3,(H,21,23). The van der Waals surface area contributed by atoms with Crippen LogP contribution in [-0.2, 0) is 16.7 Å². The Bertz CT molecular complexity index is 898. The Labute approximate surface area is 170 Å². The van der Waals surface area contributed by atoms with Gasteiger partial charge in [0.25, 0.3) is 5.91 Å². The van der Waals surface area contributed by atoms with Crippen molar-refractivity contribution in [1.29, 1.82) is 0 Å². The smallest absolute Gasteiger partial charge is 0.341 e. The molecule has 0 saturated heterocycles. The van der Waals surface area contributed by atoms with Crippen molar-refractivity contribution in [1.82, 2.24) is 5.32 Å². The normalized spacial score (nSPS) is 17.3. The molecule has 2 aromatic rings. The maximum atomic E-state index is 12.7. The summed E-state index contributed by atoms with van der Waals surface area (Å²) in [5.41, 5.74) is 0.854. The maximum Gasteiger partial charge on any atom is 0.341 e. The summed E-state index contributed by atoms with van der Waals surface area (Å²) in [6.45, 7) is 10.4. The number of fused-ring (bicyclic) bond motifs is 1. The molecule has 0 bridgehead atoms. The van der Waals surface area contributed by atoms with Crippen LogP contribution in [0, 0.1) is 0 Å². The van der Waals surface area contributed by atoms with Crippen LogP contribution in [0.5, 0.6) is 0 Å². The molecular formula is C19H23BrN2O4S. The first-order valence-electron chi connectivity index (χ1n) is 8.73. The number of nitrogens with one attached hydrogen (secondary N) is 2. The maximum absolute atomic E-state index is 12.7. The zero-order chi connectivity index (χ0) is 20.0. The van der Waals surface area contributed by atoms with E-state index in [1.807, 2.05) is 0 Å². The Hall–Kier alpha value is -1.64. The number of amides is 1.